The molecule has 6 nitrogen and oxygen atoms in total. The van der Waals surface area contributed by atoms with E-state index in [1.807, 2.05) is 5.38 Å². The van der Waals surface area contributed by atoms with Gasteiger partial charge in [-0.1, -0.05) is 17.4 Å². The molecule has 20 heavy (non-hydrogen) atoms. The minimum atomic E-state index is -0.298. The van der Waals surface area contributed by atoms with E-state index in [1.54, 1.807) is 12.1 Å². The molecule has 0 bridgehead atoms. The molecule has 0 radical (unpaired) electrons. The third-order valence-electron chi connectivity index (χ3n) is 2.77. The van der Waals surface area contributed by atoms with E-state index < -0.39 is 0 Å². The van der Waals surface area contributed by atoms with E-state index in [4.69, 9.17) is 0 Å². The fraction of sp³-hybridized carbons (Fsp3) is 0.333. The molecule has 2 aromatic rings. The zero-order valence-electron chi connectivity index (χ0n) is 10.5. The van der Waals surface area contributed by atoms with Gasteiger partial charge in [-0.2, -0.15) is 0 Å². The quantitative estimate of drug-likeness (QED) is 0.883. The maximum Gasteiger partial charge on any atom is 0.261 e. The summed E-state index contributed by atoms with van der Waals surface area (Å²) in [6, 6.07) is 3.50. The van der Waals surface area contributed by atoms with E-state index in [0.29, 0.717) is 15.9 Å². The molecule has 1 aliphatic rings. The Morgan fingerprint density at radius 2 is 2.20 bits per heavy atom. The Morgan fingerprint density at radius 3 is 2.90 bits per heavy atom. The van der Waals surface area contributed by atoms with Crippen molar-refractivity contribution >= 4 is 39.6 Å². The fourth-order valence-electron chi connectivity index (χ4n) is 1.60. The van der Waals surface area contributed by atoms with E-state index in [2.05, 4.69) is 20.8 Å². The highest BCUT2D eigenvalue weighted by atomic mass is 32.1. The number of rotatable bonds is 5. The van der Waals surface area contributed by atoms with Crippen LogP contribution in [0.3, 0.4) is 0 Å². The number of hydrogen-bond acceptors (Lipinski definition) is 6. The van der Waals surface area contributed by atoms with E-state index in [0.717, 1.165) is 17.8 Å². The molecule has 0 spiro atoms. The van der Waals surface area contributed by atoms with Crippen molar-refractivity contribution in [3.63, 3.8) is 0 Å². The molecule has 104 valence electrons. The number of amides is 2. The summed E-state index contributed by atoms with van der Waals surface area (Å²) in [7, 11) is 0. The van der Waals surface area contributed by atoms with Gasteiger partial charge in [0.05, 0.1) is 11.4 Å². The van der Waals surface area contributed by atoms with Gasteiger partial charge in [0.2, 0.25) is 11.0 Å². The number of carbonyl (C=O) groups is 2. The van der Waals surface area contributed by atoms with Crippen molar-refractivity contribution < 1.29 is 9.59 Å². The highest BCUT2D eigenvalue weighted by Crippen LogP contribution is 2.41. The lowest BCUT2D eigenvalue weighted by Crippen LogP contribution is -2.32. The largest absolute Gasteiger partial charge is 0.342 e. The highest BCUT2D eigenvalue weighted by molar-refractivity contribution is 7.15. The molecular weight excluding hydrogens is 296 g/mol. The summed E-state index contributed by atoms with van der Waals surface area (Å²) in [6.07, 6.45) is 2.30. The van der Waals surface area contributed by atoms with Gasteiger partial charge in [-0.25, -0.2) is 0 Å². The molecule has 0 atom stereocenters. The van der Waals surface area contributed by atoms with Gasteiger partial charge in [-0.05, 0) is 24.3 Å². The molecule has 8 heteroatoms. The van der Waals surface area contributed by atoms with Gasteiger partial charge in [-0.3, -0.25) is 14.9 Å². The Balaban J connectivity index is 1.48. The standard InChI is InChI=1S/C12H12N4O2S2/c17-9(6-13-10(18)8-2-1-5-19-8)14-12-16-15-11(20-12)7-3-4-7/h1-2,5,7H,3-4,6H2,(H,13,18)(H,14,16,17). The minimum absolute atomic E-state index is 0.0743. The van der Waals surface area contributed by atoms with Crippen LogP contribution < -0.4 is 10.6 Å². The van der Waals surface area contributed by atoms with Crippen molar-refractivity contribution in [3.05, 3.63) is 27.4 Å². The molecule has 0 saturated heterocycles. The van der Waals surface area contributed by atoms with Gasteiger partial charge in [0, 0.05) is 5.92 Å². The second-order valence-electron chi connectivity index (χ2n) is 4.43. The van der Waals surface area contributed by atoms with Crippen molar-refractivity contribution in [2.75, 3.05) is 11.9 Å². The Bertz CT molecular complexity index is 619. The first-order chi connectivity index (χ1) is 9.72. The Kier molecular flexibility index (Phi) is 3.75. The third kappa shape index (κ3) is 3.20. The predicted octanol–water partition coefficient (Wildman–Crippen LogP) is 1.85. The van der Waals surface area contributed by atoms with E-state index in [1.165, 1.54) is 22.7 Å². The van der Waals surface area contributed by atoms with Crippen LogP contribution in [0.5, 0.6) is 0 Å². The fourth-order valence-corrected chi connectivity index (χ4v) is 3.17. The van der Waals surface area contributed by atoms with Gasteiger partial charge in [0.1, 0.15) is 5.01 Å². The summed E-state index contributed by atoms with van der Waals surface area (Å²) >= 11 is 2.74. The Labute approximate surface area is 123 Å². The van der Waals surface area contributed by atoms with Crippen molar-refractivity contribution in [2.45, 2.75) is 18.8 Å². The molecule has 2 heterocycles. The van der Waals surface area contributed by atoms with E-state index in [9.17, 15) is 9.59 Å². The van der Waals surface area contributed by atoms with Crippen LogP contribution in [0.1, 0.15) is 33.4 Å². The monoisotopic (exact) mass is 308 g/mol. The maximum atomic E-state index is 11.7. The average Bonchev–Trinajstić information content (AvgIpc) is 2.96. The van der Waals surface area contributed by atoms with Crippen molar-refractivity contribution in [1.29, 1.82) is 0 Å². The third-order valence-corrected chi connectivity index (χ3v) is 4.64. The zero-order valence-corrected chi connectivity index (χ0v) is 12.1. The van der Waals surface area contributed by atoms with Crippen LogP contribution in [0.4, 0.5) is 5.13 Å². The van der Waals surface area contributed by atoms with Gasteiger partial charge in [-0.15, -0.1) is 21.5 Å². The lowest BCUT2D eigenvalue weighted by molar-refractivity contribution is -0.115. The first kappa shape index (κ1) is 13.2. The number of nitrogens with zero attached hydrogens (tertiary/aromatic N) is 2. The predicted molar refractivity (Wildman–Crippen MR) is 77.2 cm³/mol. The van der Waals surface area contributed by atoms with Crippen LogP contribution in [-0.2, 0) is 4.79 Å². The smallest absolute Gasteiger partial charge is 0.261 e. The van der Waals surface area contributed by atoms with Crippen LogP contribution in [0.15, 0.2) is 17.5 Å². The zero-order chi connectivity index (χ0) is 13.9. The second-order valence-corrected chi connectivity index (χ2v) is 6.38. The minimum Gasteiger partial charge on any atom is -0.342 e. The van der Waals surface area contributed by atoms with Gasteiger partial charge in [0.25, 0.3) is 5.91 Å². The molecule has 1 aliphatic carbocycles. The molecule has 3 rings (SSSR count). The van der Waals surface area contributed by atoms with Crippen molar-refractivity contribution in [2.24, 2.45) is 0 Å². The summed E-state index contributed by atoms with van der Waals surface area (Å²) in [6.45, 7) is -0.0743. The van der Waals surface area contributed by atoms with Crippen LogP contribution >= 0.6 is 22.7 Å². The lowest BCUT2D eigenvalue weighted by Gasteiger charge is -2.02. The number of anilines is 1. The molecule has 1 saturated carbocycles. The van der Waals surface area contributed by atoms with Gasteiger partial charge in [0.15, 0.2) is 0 Å². The number of thiophene rings is 1. The number of carbonyl (C=O) groups excluding carboxylic acids is 2. The molecule has 0 aliphatic heterocycles. The Morgan fingerprint density at radius 1 is 1.35 bits per heavy atom. The molecule has 2 N–H and O–H groups in total. The molecule has 2 aromatic heterocycles. The van der Waals surface area contributed by atoms with Crippen LogP contribution in [0.2, 0.25) is 0 Å². The maximum absolute atomic E-state index is 11.7. The number of hydrogen-bond donors (Lipinski definition) is 2. The summed E-state index contributed by atoms with van der Waals surface area (Å²) < 4.78 is 0. The molecule has 2 amide bonds. The SMILES string of the molecule is O=C(CNC(=O)c1cccs1)Nc1nnc(C2CC2)s1. The van der Waals surface area contributed by atoms with Crippen molar-refractivity contribution in [1.82, 2.24) is 15.5 Å². The van der Waals surface area contributed by atoms with E-state index >= 15 is 0 Å². The molecular formula is C12H12N4O2S2. The summed E-state index contributed by atoms with van der Waals surface area (Å²) in [5, 5.41) is 16.4. The van der Waals surface area contributed by atoms with E-state index in [-0.39, 0.29) is 18.4 Å². The van der Waals surface area contributed by atoms with Crippen LogP contribution in [0, 0.1) is 0 Å². The molecule has 1 fully saturated rings. The summed E-state index contributed by atoms with van der Waals surface area (Å²) in [5.74, 6) is -0.0174. The van der Waals surface area contributed by atoms with Crippen LogP contribution in [0.25, 0.3) is 0 Å². The number of aromatic nitrogens is 2. The van der Waals surface area contributed by atoms with Crippen LogP contribution in [-0.4, -0.2) is 28.6 Å². The molecule has 0 unspecified atom stereocenters. The van der Waals surface area contributed by atoms with Gasteiger partial charge < -0.3 is 5.32 Å². The lowest BCUT2D eigenvalue weighted by atomic mass is 10.4. The summed E-state index contributed by atoms with van der Waals surface area (Å²) in [5.41, 5.74) is 0. The first-order valence-electron chi connectivity index (χ1n) is 6.17. The van der Waals surface area contributed by atoms with Crippen molar-refractivity contribution in [3.8, 4) is 0 Å². The topological polar surface area (TPSA) is 84.0 Å². The normalized spacial score (nSPS) is 14.0. The highest BCUT2D eigenvalue weighted by Gasteiger charge is 2.27. The Hall–Kier alpha value is -1.80. The second kappa shape index (κ2) is 5.68. The number of nitrogens with one attached hydrogen (secondary N) is 2. The van der Waals surface area contributed by atoms with Gasteiger partial charge >= 0.3 is 0 Å². The summed E-state index contributed by atoms with van der Waals surface area (Å²) in [4.78, 5) is 23.9. The first-order valence-corrected chi connectivity index (χ1v) is 7.87. The molecule has 0 aromatic carbocycles. The average molecular weight is 308 g/mol.